The minimum absolute atomic E-state index is 0.00734. The van der Waals surface area contributed by atoms with Crippen molar-refractivity contribution in [3.63, 3.8) is 0 Å². The second kappa shape index (κ2) is 7.61. The zero-order chi connectivity index (χ0) is 16.1. The molecule has 1 atom stereocenters. The van der Waals surface area contributed by atoms with Crippen molar-refractivity contribution in [2.24, 2.45) is 0 Å². The van der Waals surface area contributed by atoms with E-state index in [-0.39, 0.29) is 18.7 Å². The lowest BCUT2D eigenvalue weighted by atomic mass is 9.93. The summed E-state index contributed by atoms with van der Waals surface area (Å²) in [5.74, 6) is 0. The van der Waals surface area contributed by atoms with E-state index in [0.29, 0.717) is 13.1 Å². The Bertz CT molecular complexity index is 639. The summed E-state index contributed by atoms with van der Waals surface area (Å²) >= 11 is 1.71. The second-order valence-electron chi connectivity index (χ2n) is 5.67. The van der Waals surface area contributed by atoms with E-state index in [0.717, 1.165) is 36.9 Å². The van der Waals surface area contributed by atoms with E-state index in [1.165, 1.54) is 4.88 Å². The summed E-state index contributed by atoms with van der Waals surface area (Å²) in [6.45, 7) is 1.22. The molecule has 0 saturated carbocycles. The molecule has 2 heterocycles. The molecule has 0 radical (unpaired) electrons. The summed E-state index contributed by atoms with van der Waals surface area (Å²) in [6.07, 6.45) is 5.57. The van der Waals surface area contributed by atoms with Gasteiger partial charge in [0.2, 0.25) is 0 Å². The van der Waals surface area contributed by atoms with E-state index in [1.54, 1.807) is 11.3 Å². The van der Waals surface area contributed by atoms with Gasteiger partial charge in [0.15, 0.2) is 0 Å². The van der Waals surface area contributed by atoms with E-state index < -0.39 is 0 Å². The molecule has 2 amide bonds. The fraction of sp³-hybridized carbons (Fsp3) is 0.500. The molecule has 1 aliphatic carbocycles. The molecule has 23 heavy (non-hydrogen) atoms. The Kier molecular flexibility index (Phi) is 5.30. The molecular formula is C16H22N4O2S. The fourth-order valence-electron chi connectivity index (χ4n) is 3.02. The largest absolute Gasteiger partial charge is 0.394 e. The van der Waals surface area contributed by atoms with Crippen LogP contribution in [-0.2, 0) is 19.4 Å². The van der Waals surface area contributed by atoms with Gasteiger partial charge in [0.05, 0.1) is 25.4 Å². The van der Waals surface area contributed by atoms with Crippen LogP contribution in [0.3, 0.4) is 0 Å². The van der Waals surface area contributed by atoms with Crippen LogP contribution in [0.2, 0.25) is 0 Å². The average Bonchev–Trinajstić information content (AvgIpc) is 3.19. The topological polar surface area (TPSA) is 79.2 Å². The van der Waals surface area contributed by atoms with Crippen molar-refractivity contribution in [1.29, 1.82) is 0 Å². The number of carbonyl (C=O) groups excluding carboxylic acids is 1. The number of carbonyl (C=O) groups is 1. The number of aliphatic hydroxyl groups excluding tert-OH is 1. The van der Waals surface area contributed by atoms with Gasteiger partial charge in [-0.25, -0.2) is 4.79 Å². The number of amides is 2. The van der Waals surface area contributed by atoms with E-state index >= 15 is 0 Å². The zero-order valence-electron chi connectivity index (χ0n) is 13.0. The molecule has 0 saturated heterocycles. The first-order valence-electron chi connectivity index (χ1n) is 8.00. The summed E-state index contributed by atoms with van der Waals surface area (Å²) in [6, 6.07) is 3.98. The van der Waals surface area contributed by atoms with Crippen LogP contribution in [0.5, 0.6) is 0 Å². The van der Waals surface area contributed by atoms with Gasteiger partial charge in [-0.3, -0.25) is 4.68 Å². The molecule has 0 fully saturated rings. The number of fused-ring (bicyclic) bond motifs is 1. The van der Waals surface area contributed by atoms with Gasteiger partial charge in [-0.05, 0) is 37.1 Å². The van der Waals surface area contributed by atoms with E-state index in [9.17, 15) is 4.79 Å². The third kappa shape index (κ3) is 3.92. The third-order valence-corrected chi connectivity index (χ3v) is 5.05. The lowest BCUT2D eigenvalue weighted by molar-refractivity contribution is 0.235. The molecule has 0 aromatic carbocycles. The maximum Gasteiger partial charge on any atom is 0.315 e. The monoisotopic (exact) mass is 334 g/mol. The van der Waals surface area contributed by atoms with Gasteiger partial charge in [-0.15, -0.1) is 11.3 Å². The van der Waals surface area contributed by atoms with Crippen LogP contribution >= 0.6 is 11.3 Å². The Morgan fingerprint density at radius 2 is 2.43 bits per heavy atom. The Morgan fingerprint density at radius 1 is 1.52 bits per heavy atom. The highest BCUT2D eigenvalue weighted by molar-refractivity contribution is 7.09. The first-order chi connectivity index (χ1) is 11.3. The zero-order valence-corrected chi connectivity index (χ0v) is 13.8. The molecule has 1 aliphatic rings. The van der Waals surface area contributed by atoms with E-state index in [2.05, 4.69) is 21.8 Å². The average molecular weight is 334 g/mol. The Hall–Kier alpha value is -1.86. The van der Waals surface area contributed by atoms with Crippen molar-refractivity contribution in [2.45, 2.75) is 38.3 Å². The van der Waals surface area contributed by atoms with Crippen LogP contribution in [0.1, 0.15) is 35.0 Å². The van der Waals surface area contributed by atoms with Gasteiger partial charge < -0.3 is 15.7 Å². The van der Waals surface area contributed by atoms with Gasteiger partial charge in [0.1, 0.15) is 0 Å². The lowest BCUT2D eigenvalue weighted by Crippen LogP contribution is -2.39. The number of urea groups is 1. The number of nitrogens with zero attached hydrogens (tertiary/aromatic N) is 2. The predicted molar refractivity (Wildman–Crippen MR) is 89.5 cm³/mol. The maximum atomic E-state index is 12.1. The third-order valence-electron chi connectivity index (χ3n) is 4.12. The highest BCUT2D eigenvalue weighted by atomic mass is 32.1. The van der Waals surface area contributed by atoms with Crippen LogP contribution < -0.4 is 10.6 Å². The Labute approximate surface area is 139 Å². The van der Waals surface area contributed by atoms with Crippen molar-refractivity contribution < 1.29 is 9.90 Å². The van der Waals surface area contributed by atoms with E-state index in [4.69, 9.17) is 5.11 Å². The molecule has 2 aromatic heterocycles. The molecule has 3 rings (SSSR count). The van der Waals surface area contributed by atoms with Crippen LogP contribution in [0.4, 0.5) is 4.79 Å². The first-order valence-corrected chi connectivity index (χ1v) is 8.88. The summed E-state index contributed by atoms with van der Waals surface area (Å²) in [5.41, 5.74) is 2.22. The van der Waals surface area contributed by atoms with Crippen molar-refractivity contribution in [1.82, 2.24) is 20.4 Å². The maximum absolute atomic E-state index is 12.1. The quantitative estimate of drug-likeness (QED) is 0.754. The normalized spacial score (nSPS) is 16.8. The van der Waals surface area contributed by atoms with Gasteiger partial charge in [0, 0.05) is 22.7 Å². The van der Waals surface area contributed by atoms with Crippen LogP contribution in [-0.4, -0.2) is 34.1 Å². The van der Waals surface area contributed by atoms with Gasteiger partial charge in [0.25, 0.3) is 0 Å². The smallest absolute Gasteiger partial charge is 0.315 e. The Morgan fingerprint density at radius 3 is 3.22 bits per heavy atom. The predicted octanol–water partition coefficient (Wildman–Crippen LogP) is 1.86. The lowest BCUT2D eigenvalue weighted by Gasteiger charge is -2.24. The molecule has 0 aliphatic heterocycles. The van der Waals surface area contributed by atoms with Crippen molar-refractivity contribution >= 4 is 17.4 Å². The molecule has 124 valence electrons. The summed E-state index contributed by atoms with van der Waals surface area (Å²) in [4.78, 5) is 13.4. The first kappa shape index (κ1) is 16.0. The molecule has 2 aromatic rings. The molecular weight excluding hydrogens is 312 g/mol. The number of hydrogen-bond donors (Lipinski definition) is 3. The number of rotatable bonds is 6. The molecule has 7 heteroatoms. The summed E-state index contributed by atoms with van der Waals surface area (Å²) in [7, 11) is 0. The van der Waals surface area contributed by atoms with Gasteiger partial charge in [-0.1, -0.05) is 6.07 Å². The minimum Gasteiger partial charge on any atom is -0.394 e. The molecule has 0 bridgehead atoms. The number of nitrogens with one attached hydrogen (secondary N) is 2. The number of thiophene rings is 1. The minimum atomic E-state index is -0.130. The molecule has 0 spiro atoms. The summed E-state index contributed by atoms with van der Waals surface area (Å²) < 4.78 is 1.85. The number of aliphatic hydroxyl groups is 1. The summed E-state index contributed by atoms with van der Waals surface area (Å²) in [5, 5.41) is 21.4. The van der Waals surface area contributed by atoms with Gasteiger partial charge >= 0.3 is 6.03 Å². The second-order valence-corrected chi connectivity index (χ2v) is 6.70. The fourth-order valence-corrected chi connectivity index (χ4v) is 3.73. The Balaban J connectivity index is 1.53. The van der Waals surface area contributed by atoms with Crippen molar-refractivity contribution in [3.8, 4) is 0 Å². The van der Waals surface area contributed by atoms with Crippen LogP contribution in [0, 0.1) is 0 Å². The van der Waals surface area contributed by atoms with Crippen LogP contribution in [0.25, 0.3) is 0 Å². The SMILES string of the molecule is O=C(NCCc1cccs1)N[C@@H]1CCCc2c1cnn2CCO. The highest BCUT2D eigenvalue weighted by Gasteiger charge is 2.25. The van der Waals surface area contributed by atoms with Gasteiger partial charge in [-0.2, -0.15) is 5.10 Å². The highest BCUT2D eigenvalue weighted by Crippen LogP contribution is 2.29. The number of aromatic nitrogens is 2. The van der Waals surface area contributed by atoms with Crippen LogP contribution in [0.15, 0.2) is 23.7 Å². The van der Waals surface area contributed by atoms with Crippen molar-refractivity contribution in [2.75, 3.05) is 13.2 Å². The number of hydrogen-bond acceptors (Lipinski definition) is 4. The molecule has 6 nitrogen and oxygen atoms in total. The molecule has 0 unspecified atom stereocenters. The van der Waals surface area contributed by atoms with Crippen molar-refractivity contribution in [3.05, 3.63) is 39.8 Å². The standard InChI is InChI=1S/C16H22N4O2S/c21-9-8-20-15-5-1-4-14(13(15)11-18-20)19-16(22)17-7-6-12-3-2-10-23-12/h2-3,10-11,14,21H,1,4-9H2,(H2,17,19,22)/t14-/m1/s1. The molecule has 3 N–H and O–H groups in total. The van der Waals surface area contributed by atoms with E-state index in [1.807, 2.05) is 22.3 Å².